The fourth-order valence-corrected chi connectivity index (χ4v) is 1.59. The van der Waals surface area contributed by atoms with E-state index in [4.69, 9.17) is 11.5 Å². The molecule has 0 aromatic carbocycles. The van der Waals surface area contributed by atoms with Crippen LogP contribution < -0.4 is 16.4 Å². The first-order chi connectivity index (χ1) is 7.04. The molecule has 0 bridgehead atoms. The Morgan fingerprint density at radius 1 is 1.67 bits per heavy atom. The molecular formula is C9H13BrN4O. The molecule has 0 radical (unpaired) electrons. The Morgan fingerprint density at radius 3 is 2.80 bits per heavy atom. The van der Waals surface area contributed by atoms with E-state index in [0.717, 1.165) is 4.47 Å². The summed E-state index contributed by atoms with van der Waals surface area (Å²) >= 11 is 3.27. The number of nitrogens with zero attached hydrogens (tertiary/aromatic N) is 2. The van der Waals surface area contributed by atoms with Gasteiger partial charge in [0.2, 0.25) is 5.91 Å². The van der Waals surface area contributed by atoms with Gasteiger partial charge >= 0.3 is 0 Å². The normalized spacial score (nSPS) is 10.0. The van der Waals surface area contributed by atoms with Crippen LogP contribution in [0.15, 0.2) is 16.7 Å². The highest BCUT2D eigenvalue weighted by molar-refractivity contribution is 9.10. The number of carbonyl (C=O) groups excluding carboxylic acids is 1. The molecule has 0 unspecified atom stereocenters. The zero-order valence-electron chi connectivity index (χ0n) is 8.40. The van der Waals surface area contributed by atoms with Crippen molar-refractivity contribution in [3.05, 3.63) is 16.7 Å². The summed E-state index contributed by atoms with van der Waals surface area (Å²) in [5, 5.41) is 0. The number of nitrogen functional groups attached to an aromatic ring is 1. The van der Waals surface area contributed by atoms with Gasteiger partial charge in [0.25, 0.3) is 0 Å². The van der Waals surface area contributed by atoms with E-state index < -0.39 is 5.91 Å². The molecule has 1 aromatic rings. The van der Waals surface area contributed by atoms with Crippen molar-refractivity contribution in [3.63, 3.8) is 0 Å². The summed E-state index contributed by atoms with van der Waals surface area (Å²) in [6.07, 6.45) is 1.63. The molecule has 0 atom stereocenters. The predicted molar refractivity (Wildman–Crippen MR) is 63.4 cm³/mol. The summed E-state index contributed by atoms with van der Waals surface area (Å²) in [6.45, 7) is 2.66. The van der Waals surface area contributed by atoms with Crippen LogP contribution in [0.1, 0.15) is 6.92 Å². The molecule has 1 heterocycles. The van der Waals surface area contributed by atoms with E-state index in [1.165, 1.54) is 0 Å². The van der Waals surface area contributed by atoms with Gasteiger partial charge in [0.15, 0.2) is 5.82 Å². The maximum atomic E-state index is 10.8. The van der Waals surface area contributed by atoms with Gasteiger partial charge in [-0.3, -0.25) is 4.79 Å². The highest BCUT2D eigenvalue weighted by Gasteiger charge is 2.11. The van der Waals surface area contributed by atoms with E-state index in [1.54, 1.807) is 17.2 Å². The zero-order chi connectivity index (χ0) is 11.4. The smallest absolute Gasteiger partial charge is 0.236 e. The first kappa shape index (κ1) is 11.8. The number of nitrogens with two attached hydrogens (primary N) is 2. The molecule has 82 valence electrons. The van der Waals surface area contributed by atoms with Crippen molar-refractivity contribution in [1.29, 1.82) is 0 Å². The molecule has 6 heteroatoms. The summed E-state index contributed by atoms with van der Waals surface area (Å²) in [5.41, 5.74) is 11.4. The number of halogens is 1. The molecule has 0 spiro atoms. The van der Waals surface area contributed by atoms with Crippen molar-refractivity contribution < 1.29 is 4.79 Å². The highest BCUT2D eigenvalue weighted by Crippen LogP contribution is 2.23. The number of primary amides is 1. The van der Waals surface area contributed by atoms with Gasteiger partial charge in [-0.2, -0.15) is 0 Å². The van der Waals surface area contributed by atoms with Crippen LogP contribution in [0.5, 0.6) is 0 Å². The standard InChI is InChI=1S/C9H13BrN4O/c1-2-14(5-8(12)15)9-7(11)3-6(10)4-13-9/h3-4H,2,5,11H2,1H3,(H2,12,15). The number of anilines is 2. The Bertz CT molecular complexity index is 369. The minimum Gasteiger partial charge on any atom is -0.396 e. The number of aromatic nitrogens is 1. The van der Waals surface area contributed by atoms with E-state index in [-0.39, 0.29) is 6.54 Å². The van der Waals surface area contributed by atoms with Gasteiger partial charge in [-0.1, -0.05) is 0 Å². The maximum absolute atomic E-state index is 10.8. The van der Waals surface area contributed by atoms with Crippen molar-refractivity contribution in [2.24, 2.45) is 5.73 Å². The molecule has 15 heavy (non-hydrogen) atoms. The number of hydrogen-bond acceptors (Lipinski definition) is 4. The van der Waals surface area contributed by atoms with Gasteiger partial charge < -0.3 is 16.4 Å². The second kappa shape index (κ2) is 4.97. The van der Waals surface area contributed by atoms with Crippen LogP contribution in [0.25, 0.3) is 0 Å². The first-order valence-corrected chi connectivity index (χ1v) is 5.28. The molecule has 1 amide bonds. The topological polar surface area (TPSA) is 85.2 Å². The Morgan fingerprint density at radius 2 is 2.33 bits per heavy atom. The van der Waals surface area contributed by atoms with Crippen LogP contribution in [0.3, 0.4) is 0 Å². The number of rotatable bonds is 4. The average molecular weight is 273 g/mol. The van der Waals surface area contributed by atoms with Crippen LogP contribution in [0, 0.1) is 0 Å². The van der Waals surface area contributed by atoms with E-state index >= 15 is 0 Å². The quantitative estimate of drug-likeness (QED) is 0.847. The average Bonchev–Trinajstić information content (AvgIpc) is 2.14. The Balaban J connectivity index is 2.96. The lowest BCUT2D eigenvalue weighted by Gasteiger charge is -2.21. The third kappa shape index (κ3) is 3.09. The highest BCUT2D eigenvalue weighted by atomic mass is 79.9. The van der Waals surface area contributed by atoms with Crippen molar-refractivity contribution in [3.8, 4) is 0 Å². The molecule has 1 aromatic heterocycles. The molecular weight excluding hydrogens is 260 g/mol. The lowest BCUT2D eigenvalue weighted by Crippen LogP contribution is -2.34. The molecule has 0 fully saturated rings. The monoisotopic (exact) mass is 272 g/mol. The molecule has 5 nitrogen and oxygen atoms in total. The molecule has 1 rings (SSSR count). The largest absolute Gasteiger partial charge is 0.396 e. The molecule has 0 saturated heterocycles. The number of carbonyl (C=O) groups is 1. The fraction of sp³-hybridized carbons (Fsp3) is 0.333. The molecule has 0 aliphatic rings. The van der Waals surface area contributed by atoms with E-state index in [1.807, 2.05) is 6.92 Å². The minimum absolute atomic E-state index is 0.120. The zero-order valence-corrected chi connectivity index (χ0v) is 9.99. The van der Waals surface area contributed by atoms with Crippen LogP contribution in [0.4, 0.5) is 11.5 Å². The third-order valence-corrected chi connectivity index (χ3v) is 2.32. The lowest BCUT2D eigenvalue weighted by atomic mass is 10.3. The Labute approximate surface area is 96.6 Å². The van der Waals surface area contributed by atoms with Crippen LogP contribution >= 0.6 is 15.9 Å². The molecule has 0 aliphatic carbocycles. The summed E-state index contributed by atoms with van der Waals surface area (Å²) in [6, 6.07) is 1.74. The Kier molecular flexibility index (Phi) is 3.90. The predicted octanol–water partition coefficient (Wildman–Crippen LogP) is 0.738. The van der Waals surface area contributed by atoms with Crippen molar-refractivity contribution in [1.82, 2.24) is 4.98 Å². The van der Waals surface area contributed by atoms with Crippen molar-refractivity contribution in [2.45, 2.75) is 6.92 Å². The van der Waals surface area contributed by atoms with Crippen molar-refractivity contribution >= 4 is 33.3 Å². The van der Waals surface area contributed by atoms with E-state index in [2.05, 4.69) is 20.9 Å². The third-order valence-electron chi connectivity index (χ3n) is 1.89. The van der Waals surface area contributed by atoms with Gasteiger partial charge in [0.1, 0.15) is 0 Å². The van der Waals surface area contributed by atoms with Crippen LogP contribution in [-0.4, -0.2) is 24.0 Å². The SMILES string of the molecule is CCN(CC(N)=O)c1ncc(Br)cc1N. The van der Waals surface area contributed by atoms with Crippen molar-refractivity contribution in [2.75, 3.05) is 23.7 Å². The molecule has 4 N–H and O–H groups in total. The number of likely N-dealkylation sites (N-methyl/N-ethyl adjacent to an activating group) is 1. The van der Waals surface area contributed by atoms with Gasteiger partial charge in [-0.15, -0.1) is 0 Å². The second-order valence-corrected chi connectivity index (χ2v) is 3.96. The summed E-state index contributed by atoms with van der Waals surface area (Å²) < 4.78 is 0.805. The first-order valence-electron chi connectivity index (χ1n) is 4.49. The summed E-state index contributed by atoms with van der Waals surface area (Å²) in [7, 11) is 0. The lowest BCUT2D eigenvalue weighted by molar-refractivity contribution is -0.116. The summed E-state index contributed by atoms with van der Waals surface area (Å²) in [5.74, 6) is 0.181. The van der Waals surface area contributed by atoms with E-state index in [9.17, 15) is 4.79 Å². The minimum atomic E-state index is -0.402. The fourth-order valence-electron chi connectivity index (χ4n) is 1.24. The van der Waals surface area contributed by atoms with Gasteiger partial charge in [0, 0.05) is 17.2 Å². The molecule has 0 saturated carbocycles. The van der Waals surface area contributed by atoms with Gasteiger partial charge in [-0.05, 0) is 28.9 Å². The van der Waals surface area contributed by atoms with Gasteiger partial charge in [0.05, 0.1) is 12.2 Å². The summed E-state index contributed by atoms with van der Waals surface area (Å²) in [4.78, 5) is 16.7. The number of pyridine rings is 1. The number of amides is 1. The van der Waals surface area contributed by atoms with Gasteiger partial charge in [-0.25, -0.2) is 4.98 Å². The Hall–Kier alpha value is -1.30. The number of hydrogen-bond donors (Lipinski definition) is 2. The van der Waals surface area contributed by atoms with Crippen LogP contribution in [-0.2, 0) is 4.79 Å². The molecule has 0 aliphatic heterocycles. The van der Waals surface area contributed by atoms with Crippen LogP contribution in [0.2, 0.25) is 0 Å². The second-order valence-electron chi connectivity index (χ2n) is 3.05. The maximum Gasteiger partial charge on any atom is 0.236 e. The van der Waals surface area contributed by atoms with E-state index in [0.29, 0.717) is 18.1 Å².